The number of nitrogens with two attached hydrogens (primary N) is 1. The van der Waals surface area contributed by atoms with Crippen LogP contribution in [0.1, 0.15) is 78.9 Å². The Morgan fingerprint density at radius 1 is 0.929 bits per heavy atom. The SMILES string of the molecule is CCO[C@@H]1[C@@H]2O[Si](C(C)C)(C(C)C)O[Si](C(C)C)(C(C)C)OC(C(=O)c3ccccc3)[C@H]2O[C@H]1n1ccc(N)nc1=O. The van der Waals surface area contributed by atoms with Crippen LogP contribution in [0.3, 0.4) is 0 Å². The molecule has 0 bridgehead atoms. The fraction of sp³-hybridized carbons (Fsp3) is 0.633. The molecule has 1 aromatic heterocycles. The summed E-state index contributed by atoms with van der Waals surface area (Å²) in [7, 11) is -6.25. The molecule has 232 valence electrons. The molecule has 2 saturated heterocycles. The van der Waals surface area contributed by atoms with Crippen LogP contribution in [0.4, 0.5) is 5.82 Å². The number of nitrogen functional groups attached to an aromatic ring is 1. The summed E-state index contributed by atoms with van der Waals surface area (Å²) in [4.78, 5) is 31.4. The molecule has 2 aliphatic rings. The lowest BCUT2D eigenvalue weighted by Crippen LogP contribution is -2.68. The van der Waals surface area contributed by atoms with Crippen LogP contribution in [0.5, 0.6) is 0 Å². The third-order valence-electron chi connectivity index (χ3n) is 8.49. The van der Waals surface area contributed by atoms with E-state index in [2.05, 4.69) is 60.4 Å². The Morgan fingerprint density at radius 2 is 1.50 bits per heavy atom. The van der Waals surface area contributed by atoms with Gasteiger partial charge in [0.1, 0.15) is 30.2 Å². The van der Waals surface area contributed by atoms with E-state index in [1.54, 1.807) is 18.3 Å². The highest BCUT2D eigenvalue weighted by Crippen LogP contribution is 2.50. The summed E-state index contributed by atoms with van der Waals surface area (Å²) in [6, 6.07) is 10.6. The number of benzene rings is 1. The van der Waals surface area contributed by atoms with Crippen molar-refractivity contribution in [1.82, 2.24) is 9.55 Å². The molecule has 12 heteroatoms. The predicted molar refractivity (Wildman–Crippen MR) is 166 cm³/mol. The van der Waals surface area contributed by atoms with Gasteiger partial charge in [-0.3, -0.25) is 9.36 Å². The average Bonchev–Trinajstić information content (AvgIpc) is 3.25. The van der Waals surface area contributed by atoms with E-state index in [1.165, 1.54) is 10.6 Å². The van der Waals surface area contributed by atoms with Crippen LogP contribution in [0.2, 0.25) is 22.2 Å². The van der Waals surface area contributed by atoms with Crippen LogP contribution in [0, 0.1) is 0 Å². The molecule has 0 radical (unpaired) electrons. The van der Waals surface area contributed by atoms with Crippen LogP contribution < -0.4 is 11.4 Å². The maximum absolute atomic E-state index is 14.4. The van der Waals surface area contributed by atoms with Gasteiger partial charge >= 0.3 is 22.8 Å². The molecule has 3 heterocycles. The van der Waals surface area contributed by atoms with Crippen LogP contribution in [0.15, 0.2) is 47.4 Å². The summed E-state index contributed by atoms with van der Waals surface area (Å²) in [5.74, 6) is -0.119. The molecule has 1 aromatic carbocycles. The monoisotopic (exact) mass is 617 g/mol. The lowest BCUT2D eigenvalue weighted by molar-refractivity contribution is -0.0849. The molecule has 4 rings (SSSR count). The van der Waals surface area contributed by atoms with E-state index in [0.29, 0.717) is 12.2 Å². The van der Waals surface area contributed by atoms with Gasteiger partial charge in [0.2, 0.25) is 0 Å². The molecule has 10 nitrogen and oxygen atoms in total. The van der Waals surface area contributed by atoms with E-state index in [0.717, 1.165) is 0 Å². The number of ketones is 1. The zero-order valence-electron chi connectivity index (χ0n) is 26.3. The second kappa shape index (κ2) is 12.8. The van der Waals surface area contributed by atoms with E-state index in [9.17, 15) is 9.59 Å². The normalized spacial score (nSPS) is 27.3. The van der Waals surface area contributed by atoms with Gasteiger partial charge in [0, 0.05) is 18.4 Å². The molecule has 0 amide bonds. The Bertz CT molecular complexity index is 1270. The first-order chi connectivity index (χ1) is 19.8. The number of nitrogens with zero attached hydrogens (tertiary/aromatic N) is 2. The minimum Gasteiger partial charge on any atom is -0.414 e. The summed E-state index contributed by atoms with van der Waals surface area (Å²) in [6.45, 7) is 19.2. The first kappa shape index (κ1) is 32.7. The number of Topliss-reactive ketones (excluding diaryl/α,β-unsaturated/α-hetero) is 1. The third kappa shape index (κ3) is 5.82. The molecule has 2 aliphatic heterocycles. The summed E-state index contributed by atoms with van der Waals surface area (Å²) in [6.07, 6.45) is -2.79. The quantitative estimate of drug-likeness (QED) is 0.293. The van der Waals surface area contributed by atoms with Crippen molar-refractivity contribution in [2.24, 2.45) is 0 Å². The molecule has 2 N–H and O–H groups in total. The number of hydrogen-bond donors (Lipinski definition) is 1. The van der Waals surface area contributed by atoms with Crippen LogP contribution in [-0.2, 0) is 22.4 Å². The van der Waals surface area contributed by atoms with Crippen LogP contribution in [0.25, 0.3) is 0 Å². The Morgan fingerprint density at radius 3 is 2.02 bits per heavy atom. The third-order valence-corrected chi connectivity index (χ3v) is 18.7. The van der Waals surface area contributed by atoms with Crippen LogP contribution in [-0.4, -0.2) is 63.5 Å². The lowest BCUT2D eigenvalue weighted by atomic mass is 9.98. The largest absolute Gasteiger partial charge is 0.414 e. The van der Waals surface area contributed by atoms with Crippen molar-refractivity contribution in [3.8, 4) is 0 Å². The first-order valence-electron chi connectivity index (χ1n) is 15.1. The highest BCUT2D eigenvalue weighted by molar-refractivity contribution is 6.84. The van der Waals surface area contributed by atoms with Crippen molar-refractivity contribution in [2.75, 3.05) is 12.3 Å². The zero-order chi connectivity index (χ0) is 31.0. The van der Waals surface area contributed by atoms with Gasteiger partial charge in [-0.25, -0.2) is 4.79 Å². The topological polar surface area (TPSA) is 124 Å². The minimum atomic E-state index is -3.16. The number of aromatic nitrogens is 2. The molecule has 5 atom stereocenters. The Kier molecular flexibility index (Phi) is 9.97. The summed E-state index contributed by atoms with van der Waals surface area (Å²) in [5, 5.41) is 0. The van der Waals surface area contributed by atoms with Gasteiger partial charge in [0.25, 0.3) is 0 Å². The number of hydrogen-bond acceptors (Lipinski definition) is 9. The Hall–Kier alpha value is -2.20. The van der Waals surface area contributed by atoms with Gasteiger partial charge < -0.3 is 28.2 Å². The van der Waals surface area contributed by atoms with E-state index in [1.807, 2.05) is 25.1 Å². The Balaban J connectivity index is 1.98. The van der Waals surface area contributed by atoms with Crippen molar-refractivity contribution in [2.45, 2.75) is 115 Å². The molecule has 1 unspecified atom stereocenters. The second-order valence-electron chi connectivity index (χ2n) is 12.5. The number of fused-ring (bicyclic) bond motifs is 1. The second-order valence-corrected chi connectivity index (χ2v) is 21.3. The van der Waals surface area contributed by atoms with Gasteiger partial charge in [-0.05, 0) is 35.2 Å². The molecule has 42 heavy (non-hydrogen) atoms. The Labute approximate surface area is 251 Å². The number of anilines is 1. The van der Waals surface area contributed by atoms with Gasteiger partial charge in [0.15, 0.2) is 12.0 Å². The number of rotatable bonds is 9. The predicted octanol–water partition coefficient (Wildman–Crippen LogP) is 5.34. The standard InChI is InChI=1S/C30H47N3O7Si2/c1-10-36-28-27-26(37-29(28)33-17-16-23(31)32-30(33)35)25(24(34)22-14-12-11-13-15-22)38-41(18(2)3,19(4)5)40-42(39-27,20(6)7)21(8)9/h11-21,25-29H,10H2,1-9H3,(H2,31,32,35)/t25?,26-,27-,28-,29-/m1/s1. The van der Waals surface area contributed by atoms with E-state index < -0.39 is 53.5 Å². The summed E-state index contributed by atoms with van der Waals surface area (Å²) in [5.41, 5.74) is 5.85. The maximum Gasteiger partial charge on any atom is 0.351 e. The summed E-state index contributed by atoms with van der Waals surface area (Å²) >= 11 is 0. The minimum absolute atomic E-state index is 0.0110. The number of carbonyl (C=O) groups is 1. The fourth-order valence-electron chi connectivity index (χ4n) is 6.35. The van der Waals surface area contributed by atoms with Gasteiger partial charge in [-0.15, -0.1) is 0 Å². The van der Waals surface area contributed by atoms with Crippen LogP contribution >= 0.6 is 0 Å². The van der Waals surface area contributed by atoms with Crippen molar-refractivity contribution in [3.63, 3.8) is 0 Å². The number of carbonyl (C=O) groups excluding carboxylic acids is 1. The lowest BCUT2D eigenvalue weighted by Gasteiger charge is -2.53. The van der Waals surface area contributed by atoms with Crippen molar-refractivity contribution >= 4 is 28.7 Å². The molecule has 2 fully saturated rings. The maximum atomic E-state index is 14.4. The van der Waals surface area contributed by atoms with E-state index >= 15 is 0 Å². The van der Waals surface area contributed by atoms with Gasteiger partial charge in [-0.2, -0.15) is 4.98 Å². The van der Waals surface area contributed by atoms with Crippen molar-refractivity contribution in [3.05, 3.63) is 58.6 Å². The highest BCUT2D eigenvalue weighted by Gasteiger charge is 2.65. The highest BCUT2D eigenvalue weighted by atomic mass is 28.5. The zero-order valence-corrected chi connectivity index (χ0v) is 28.3. The summed E-state index contributed by atoms with van der Waals surface area (Å²) < 4.78 is 36.2. The smallest absolute Gasteiger partial charge is 0.351 e. The van der Waals surface area contributed by atoms with Gasteiger partial charge in [0.05, 0.1) is 0 Å². The molecule has 0 saturated carbocycles. The molecule has 0 aliphatic carbocycles. The van der Waals surface area contributed by atoms with Crippen molar-refractivity contribution in [1.29, 1.82) is 0 Å². The molecular formula is C30H47N3O7Si2. The van der Waals surface area contributed by atoms with Gasteiger partial charge in [-0.1, -0.05) is 85.7 Å². The molecular weight excluding hydrogens is 571 g/mol. The fourth-order valence-corrected chi connectivity index (χ4v) is 17.6. The van der Waals surface area contributed by atoms with Crippen molar-refractivity contribution < 1.29 is 27.2 Å². The molecule has 2 aromatic rings. The molecule has 0 spiro atoms. The average molecular weight is 618 g/mol. The van der Waals surface area contributed by atoms with E-state index in [-0.39, 0.29) is 33.8 Å². The first-order valence-corrected chi connectivity index (χ1v) is 19.0. The number of ether oxygens (including phenoxy) is 2. The van der Waals surface area contributed by atoms with E-state index in [4.69, 9.17) is 28.2 Å².